The quantitative estimate of drug-likeness (QED) is 0.308. The zero-order valence-electron chi connectivity index (χ0n) is 17.5. The predicted octanol–water partition coefficient (Wildman–Crippen LogP) is 6.69. The smallest absolute Gasteiger partial charge is 0.322 e. The Balaban J connectivity index is 1.95. The predicted molar refractivity (Wildman–Crippen MR) is 127 cm³/mol. The van der Waals surface area contributed by atoms with E-state index in [1.807, 2.05) is 30.5 Å². The van der Waals surface area contributed by atoms with Crippen LogP contribution in [0.1, 0.15) is 18.2 Å². The number of aryl methyl sites for hydroxylation is 1. The van der Waals surface area contributed by atoms with Crippen LogP contribution in [0.4, 0.5) is 13.2 Å². The van der Waals surface area contributed by atoms with Gasteiger partial charge in [-0.25, -0.2) is 4.98 Å². The molecule has 4 rings (SSSR count). The van der Waals surface area contributed by atoms with Crippen LogP contribution in [-0.2, 0) is 25.5 Å². The normalized spacial score (nSPS) is 12.1. The molecule has 0 saturated carbocycles. The fourth-order valence-corrected chi connectivity index (χ4v) is 5.67. The minimum atomic E-state index is -4.64. The summed E-state index contributed by atoms with van der Waals surface area (Å²) >= 11 is 9.14. The third kappa shape index (κ3) is 3.97. The van der Waals surface area contributed by atoms with E-state index in [9.17, 15) is 18.0 Å². The molecule has 0 aliphatic rings. The van der Waals surface area contributed by atoms with Crippen LogP contribution in [0.5, 0.6) is 0 Å². The van der Waals surface area contributed by atoms with Crippen molar-refractivity contribution in [2.45, 2.75) is 25.4 Å². The van der Waals surface area contributed by atoms with E-state index in [0.29, 0.717) is 16.6 Å². The Hall–Kier alpha value is -2.23. The molecule has 3 aromatic heterocycles. The molecule has 4 aromatic rings. The molecule has 0 aliphatic heterocycles. The first-order chi connectivity index (χ1) is 15.2. The molecule has 4 nitrogen and oxygen atoms in total. The Bertz CT molecular complexity index is 1350. The first-order valence-electron chi connectivity index (χ1n) is 9.71. The standard InChI is InChI=1S/C22H19ClF3N3OS2/c1-4-29-17(22(24,25)26)10-15-18(21(29)30)28(2)20(27-15)19-13(11-31-3)9-16(32-19)12-5-7-14(23)8-6-12/h5-10H,4,11H2,1-3H3. The van der Waals surface area contributed by atoms with Crippen molar-refractivity contribution in [1.82, 2.24) is 14.1 Å². The molecule has 0 bridgehead atoms. The summed E-state index contributed by atoms with van der Waals surface area (Å²) in [5, 5.41) is 0.637. The fraction of sp³-hybridized carbons (Fsp3) is 0.273. The molecule has 32 heavy (non-hydrogen) atoms. The Labute approximate surface area is 195 Å². The Kier molecular flexibility index (Phi) is 6.17. The summed E-state index contributed by atoms with van der Waals surface area (Å²) in [6.07, 6.45) is -2.66. The highest BCUT2D eigenvalue weighted by atomic mass is 35.5. The number of halogens is 4. The van der Waals surface area contributed by atoms with Crippen LogP contribution in [0.3, 0.4) is 0 Å². The number of pyridine rings is 1. The maximum atomic E-state index is 13.6. The highest BCUT2D eigenvalue weighted by molar-refractivity contribution is 7.97. The summed E-state index contributed by atoms with van der Waals surface area (Å²) in [4.78, 5) is 19.3. The maximum absolute atomic E-state index is 13.6. The fourth-order valence-electron chi connectivity index (χ4n) is 3.71. The van der Waals surface area contributed by atoms with Crippen LogP contribution in [0, 0.1) is 0 Å². The van der Waals surface area contributed by atoms with Gasteiger partial charge < -0.3 is 9.13 Å². The van der Waals surface area contributed by atoms with Crippen molar-refractivity contribution in [1.29, 1.82) is 0 Å². The molecule has 0 N–H and O–H groups in total. The lowest BCUT2D eigenvalue weighted by Crippen LogP contribution is -2.28. The average molecular weight is 498 g/mol. The largest absolute Gasteiger partial charge is 0.431 e. The van der Waals surface area contributed by atoms with Crippen molar-refractivity contribution < 1.29 is 13.2 Å². The number of thioether (sulfide) groups is 1. The molecule has 1 aromatic carbocycles. The second-order valence-corrected chi connectivity index (χ2v) is 9.56. The third-order valence-electron chi connectivity index (χ3n) is 5.18. The zero-order valence-corrected chi connectivity index (χ0v) is 19.8. The molecule has 0 atom stereocenters. The third-order valence-corrected chi connectivity index (χ3v) is 7.26. The van der Waals surface area contributed by atoms with E-state index < -0.39 is 17.4 Å². The molecule has 0 fully saturated rings. The summed E-state index contributed by atoms with van der Waals surface area (Å²) in [6.45, 7) is 1.44. The van der Waals surface area contributed by atoms with Gasteiger partial charge in [-0.3, -0.25) is 4.79 Å². The summed E-state index contributed by atoms with van der Waals surface area (Å²) in [6, 6.07) is 10.5. The van der Waals surface area contributed by atoms with Crippen molar-refractivity contribution in [3.05, 3.63) is 63.0 Å². The Morgan fingerprint density at radius 2 is 1.88 bits per heavy atom. The van der Waals surface area contributed by atoms with Gasteiger partial charge in [-0.2, -0.15) is 24.9 Å². The maximum Gasteiger partial charge on any atom is 0.431 e. The van der Waals surface area contributed by atoms with E-state index in [1.54, 1.807) is 23.4 Å². The second kappa shape index (κ2) is 8.61. The van der Waals surface area contributed by atoms with Gasteiger partial charge >= 0.3 is 6.18 Å². The van der Waals surface area contributed by atoms with Crippen LogP contribution in [0.15, 0.2) is 41.2 Å². The molecule has 0 aliphatic carbocycles. The molecule has 10 heteroatoms. The van der Waals surface area contributed by atoms with Gasteiger partial charge in [0.1, 0.15) is 11.2 Å². The molecular weight excluding hydrogens is 479 g/mol. The number of rotatable bonds is 5. The highest BCUT2D eigenvalue weighted by Crippen LogP contribution is 2.40. The molecular formula is C22H19ClF3N3OS2. The van der Waals surface area contributed by atoms with Gasteiger partial charge in [0.25, 0.3) is 5.56 Å². The number of thiophene rings is 1. The SMILES string of the molecule is CCn1c(C(F)(F)F)cc2nc(-c3sc(-c4ccc(Cl)cc4)cc3CSC)n(C)c2c1=O. The first-order valence-corrected chi connectivity index (χ1v) is 12.3. The number of imidazole rings is 1. The van der Waals surface area contributed by atoms with E-state index in [0.717, 1.165) is 31.5 Å². The average Bonchev–Trinajstić information content (AvgIpc) is 3.29. The van der Waals surface area contributed by atoms with Gasteiger partial charge in [0.2, 0.25) is 0 Å². The number of fused-ring (bicyclic) bond motifs is 1. The summed E-state index contributed by atoms with van der Waals surface area (Å²) in [5.41, 5.74) is 0.517. The number of hydrogen-bond acceptors (Lipinski definition) is 4. The monoisotopic (exact) mass is 497 g/mol. The number of hydrogen-bond donors (Lipinski definition) is 0. The lowest BCUT2D eigenvalue weighted by molar-refractivity contribution is -0.144. The lowest BCUT2D eigenvalue weighted by atomic mass is 10.1. The second-order valence-electron chi connectivity index (χ2n) is 7.21. The van der Waals surface area contributed by atoms with Crippen molar-refractivity contribution in [3.63, 3.8) is 0 Å². The zero-order chi connectivity index (χ0) is 23.2. The van der Waals surface area contributed by atoms with Crippen molar-refractivity contribution in [2.75, 3.05) is 6.26 Å². The van der Waals surface area contributed by atoms with Crippen LogP contribution in [0.25, 0.3) is 32.2 Å². The van der Waals surface area contributed by atoms with E-state index in [1.165, 1.54) is 18.3 Å². The molecule has 3 heterocycles. The highest BCUT2D eigenvalue weighted by Gasteiger charge is 2.36. The van der Waals surface area contributed by atoms with Crippen molar-refractivity contribution in [2.24, 2.45) is 7.05 Å². The van der Waals surface area contributed by atoms with Gasteiger partial charge in [0, 0.05) is 29.2 Å². The number of alkyl halides is 3. The Morgan fingerprint density at radius 1 is 1.19 bits per heavy atom. The molecule has 0 saturated heterocycles. The minimum Gasteiger partial charge on any atom is -0.322 e. The van der Waals surface area contributed by atoms with Crippen LogP contribution >= 0.6 is 34.7 Å². The van der Waals surface area contributed by atoms with Gasteiger partial charge in [-0.05, 0) is 48.6 Å². The van der Waals surface area contributed by atoms with E-state index in [2.05, 4.69) is 11.1 Å². The summed E-state index contributed by atoms with van der Waals surface area (Å²) in [7, 11) is 1.67. The van der Waals surface area contributed by atoms with Gasteiger partial charge in [-0.15, -0.1) is 11.3 Å². The lowest BCUT2D eigenvalue weighted by Gasteiger charge is -2.13. The number of aromatic nitrogens is 3. The van der Waals surface area contributed by atoms with Gasteiger partial charge in [0.05, 0.1) is 10.4 Å². The topological polar surface area (TPSA) is 39.8 Å². The minimum absolute atomic E-state index is 0.0427. The van der Waals surface area contributed by atoms with Gasteiger partial charge in [-0.1, -0.05) is 23.7 Å². The number of nitrogens with zero attached hydrogens (tertiary/aromatic N) is 3. The van der Waals surface area contributed by atoms with Crippen LogP contribution < -0.4 is 5.56 Å². The van der Waals surface area contributed by atoms with Crippen molar-refractivity contribution >= 4 is 45.7 Å². The van der Waals surface area contributed by atoms with Crippen LogP contribution in [-0.4, -0.2) is 20.4 Å². The number of benzene rings is 1. The molecule has 0 unspecified atom stereocenters. The molecule has 0 radical (unpaired) electrons. The van der Waals surface area contributed by atoms with E-state index in [-0.39, 0.29) is 17.6 Å². The summed E-state index contributed by atoms with van der Waals surface area (Å²) < 4.78 is 43.0. The summed E-state index contributed by atoms with van der Waals surface area (Å²) in [5.74, 6) is 1.18. The Morgan fingerprint density at radius 3 is 2.47 bits per heavy atom. The molecule has 168 valence electrons. The van der Waals surface area contributed by atoms with E-state index >= 15 is 0 Å². The molecule has 0 amide bonds. The molecule has 0 spiro atoms. The van der Waals surface area contributed by atoms with Crippen molar-refractivity contribution in [3.8, 4) is 21.1 Å². The van der Waals surface area contributed by atoms with Gasteiger partial charge in [0.15, 0.2) is 5.82 Å². The van der Waals surface area contributed by atoms with Crippen LogP contribution in [0.2, 0.25) is 5.02 Å². The first kappa shape index (κ1) is 22.9. The van der Waals surface area contributed by atoms with E-state index in [4.69, 9.17) is 11.6 Å².